The molecular formula is C25H43BrN15O2P. The summed E-state index contributed by atoms with van der Waals surface area (Å²) in [6.07, 6.45) is 14.7. The normalized spacial score (nSPS) is 11.3. The third-order valence-corrected chi connectivity index (χ3v) is 6.23. The standard InChI is InChI=1S/C10H16N7O2P.C5H9N3.C4H7N3.C4H6N2.C2H5Br/c1-3-16-9(18)14-8(17(20-2)10(16)19)13-6-15-5-4-12-7(15)11;1-2-8-4-3-7-5(8)6;1-7-3-2-6-4(7)5;5-4-2-1-3-6-4;1-2-3/h4-5,20H,3,6H2,1-2H3,(H2,11,12)(H,13,14,18);3-4H,2H2,1H3,(H2,6,7);2-3H,1H3,(H2,5,6);1,3H,2H2,(H2,5,6);2H2,1H3. The van der Waals surface area contributed by atoms with Crippen molar-refractivity contribution in [2.45, 2.75) is 47.0 Å². The van der Waals surface area contributed by atoms with E-state index < -0.39 is 5.69 Å². The molecule has 0 radical (unpaired) electrons. The number of nitrogen functional groups attached to an aromatic ring is 3. The van der Waals surface area contributed by atoms with Crippen LogP contribution in [0.25, 0.3) is 0 Å². The van der Waals surface area contributed by atoms with Crippen molar-refractivity contribution in [3.05, 3.63) is 70.4 Å². The molecule has 1 aliphatic heterocycles. The fraction of sp³-hybridized carbons (Fsp3) is 0.400. The molecule has 5 heterocycles. The number of rotatable bonds is 6. The number of nitrogens with one attached hydrogen (secondary N) is 1. The van der Waals surface area contributed by atoms with Gasteiger partial charge in [0.2, 0.25) is 11.9 Å². The average molecular weight is 697 g/mol. The number of hydrogen-bond acceptors (Lipinski definition) is 12. The molecule has 9 N–H and O–H groups in total. The largest absolute Gasteiger partial charge is 0.387 e. The van der Waals surface area contributed by atoms with Crippen molar-refractivity contribution >= 4 is 54.3 Å². The third kappa shape index (κ3) is 12.4. The second-order valence-electron chi connectivity index (χ2n) is 8.34. The minimum absolute atomic E-state index is 0.159. The Morgan fingerprint density at radius 2 is 1.48 bits per heavy atom. The van der Waals surface area contributed by atoms with E-state index in [9.17, 15) is 9.59 Å². The van der Waals surface area contributed by atoms with Gasteiger partial charge in [-0.2, -0.15) is 4.98 Å². The first-order chi connectivity index (χ1) is 21.0. The van der Waals surface area contributed by atoms with Crippen LogP contribution in [0.3, 0.4) is 0 Å². The molecule has 19 heteroatoms. The molecule has 0 aliphatic carbocycles. The highest BCUT2D eigenvalue weighted by Crippen LogP contribution is 2.11. The van der Waals surface area contributed by atoms with Crippen LogP contribution >= 0.6 is 24.7 Å². The molecule has 1 unspecified atom stereocenters. The zero-order valence-corrected chi connectivity index (χ0v) is 28.2. The average Bonchev–Trinajstić information content (AvgIpc) is 3.81. The van der Waals surface area contributed by atoms with Crippen LogP contribution in [0.5, 0.6) is 0 Å². The maximum Gasteiger partial charge on any atom is 0.354 e. The summed E-state index contributed by atoms with van der Waals surface area (Å²) in [6, 6.07) is 0. The molecule has 242 valence electrons. The maximum absolute atomic E-state index is 12.1. The van der Waals surface area contributed by atoms with Gasteiger partial charge in [0.15, 0.2) is 11.9 Å². The summed E-state index contributed by atoms with van der Waals surface area (Å²) in [6.45, 7) is 9.10. The second kappa shape index (κ2) is 20.5. The summed E-state index contributed by atoms with van der Waals surface area (Å²) in [7, 11) is 2.01. The Kier molecular flexibility index (Phi) is 17.5. The first-order valence-electron chi connectivity index (χ1n) is 13.5. The number of hydrogen-bond donors (Lipinski definition) is 5. The molecule has 0 fully saturated rings. The minimum Gasteiger partial charge on any atom is -0.387 e. The third-order valence-electron chi connectivity index (χ3n) is 5.38. The van der Waals surface area contributed by atoms with Crippen LogP contribution in [0, 0.1) is 0 Å². The lowest BCUT2D eigenvalue weighted by Gasteiger charge is -2.13. The van der Waals surface area contributed by atoms with Gasteiger partial charge in [-0.05, 0) is 29.2 Å². The number of aryl methyl sites for hydroxylation is 2. The van der Waals surface area contributed by atoms with E-state index in [0.717, 1.165) is 28.7 Å². The molecule has 5 rings (SSSR count). The number of halogens is 1. The number of alkyl halides is 1. The van der Waals surface area contributed by atoms with E-state index in [2.05, 4.69) is 46.2 Å². The highest BCUT2D eigenvalue weighted by Gasteiger charge is 2.11. The summed E-state index contributed by atoms with van der Waals surface area (Å²) in [5, 5.41) is 3.99. The van der Waals surface area contributed by atoms with E-state index in [1.165, 1.54) is 4.34 Å². The van der Waals surface area contributed by atoms with Crippen LogP contribution in [-0.2, 0) is 26.8 Å². The van der Waals surface area contributed by atoms with Gasteiger partial charge in [0, 0.05) is 75.3 Å². The molecular weight excluding hydrogens is 653 g/mol. The lowest BCUT2D eigenvalue weighted by Crippen LogP contribution is -2.40. The van der Waals surface area contributed by atoms with Crippen molar-refractivity contribution in [1.29, 1.82) is 0 Å². The first-order valence-corrected chi connectivity index (χ1v) is 16.1. The van der Waals surface area contributed by atoms with Gasteiger partial charge < -0.3 is 37.4 Å². The van der Waals surface area contributed by atoms with Crippen molar-refractivity contribution in [2.24, 2.45) is 17.8 Å². The SMILES string of the molecule is CCBr.CCn1c(=O)nc(NCn2ccnc2N)n(PC)c1=O.CCn1ccnc1N.Cn1ccnc1N.NC1=NC=CC1. The molecule has 0 spiro atoms. The van der Waals surface area contributed by atoms with Gasteiger partial charge in [-0.1, -0.05) is 28.9 Å². The lowest BCUT2D eigenvalue weighted by atomic mass is 10.4. The second-order valence-corrected chi connectivity index (χ2v) is 10.4. The van der Waals surface area contributed by atoms with E-state index in [1.54, 1.807) is 53.2 Å². The summed E-state index contributed by atoms with van der Waals surface area (Å²) in [5.41, 5.74) is 20.6. The smallest absolute Gasteiger partial charge is 0.354 e. The Hall–Kier alpha value is -4.44. The number of nitrogens with zero attached hydrogens (tertiary/aromatic N) is 10. The van der Waals surface area contributed by atoms with Crippen LogP contribution in [0.15, 0.2) is 64.0 Å². The zero-order valence-electron chi connectivity index (χ0n) is 25.6. The van der Waals surface area contributed by atoms with Crippen molar-refractivity contribution in [3.63, 3.8) is 0 Å². The number of imidazole rings is 3. The van der Waals surface area contributed by atoms with Crippen molar-refractivity contribution in [1.82, 2.24) is 42.5 Å². The molecule has 0 saturated heterocycles. The van der Waals surface area contributed by atoms with Gasteiger partial charge in [-0.3, -0.25) is 4.57 Å². The van der Waals surface area contributed by atoms with E-state index in [-0.39, 0.29) is 27.0 Å². The predicted molar refractivity (Wildman–Crippen MR) is 183 cm³/mol. The van der Waals surface area contributed by atoms with Crippen LogP contribution in [0.2, 0.25) is 0 Å². The minimum atomic E-state index is -0.562. The Morgan fingerprint density at radius 3 is 1.80 bits per heavy atom. The Balaban J connectivity index is 0.000000328. The first kappa shape index (κ1) is 37.6. The predicted octanol–water partition coefficient (Wildman–Crippen LogP) is 1.49. The topological polar surface area (TPSA) is 239 Å². The van der Waals surface area contributed by atoms with E-state index in [4.69, 9.17) is 22.9 Å². The highest BCUT2D eigenvalue weighted by molar-refractivity contribution is 9.09. The van der Waals surface area contributed by atoms with Gasteiger partial charge in [-0.25, -0.2) is 38.4 Å². The molecule has 0 saturated carbocycles. The molecule has 4 aromatic heterocycles. The Labute approximate surface area is 266 Å². The van der Waals surface area contributed by atoms with E-state index in [1.807, 2.05) is 44.4 Å². The highest BCUT2D eigenvalue weighted by atomic mass is 79.9. The zero-order chi connectivity index (χ0) is 33.1. The van der Waals surface area contributed by atoms with E-state index >= 15 is 0 Å². The van der Waals surface area contributed by atoms with Gasteiger partial charge in [0.05, 0.1) is 6.67 Å². The lowest BCUT2D eigenvalue weighted by molar-refractivity contribution is 0.630. The number of aliphatic imine (C=N–C) groups is 1. The molecule has 0 aromatic carbocycles. The van der Waals surface area contributed by atoms with Crippen molar-refractivity contribution < 1.29 is 0 Å². The number of aromatic nitrogens is 9. The Bertz CT molecular complexity index is 1550. The van der Waals surface area contributed by atoms with Gasteiger partial charge in [-0.15, -0.1) is 0 Å². The molecule has 44 heavy (non-hydrogen) atoms. The molecule has 17 nitrogen and oxygen atoms in total. The van der Waals surface area contributed by atoms with Crippen LogP contribution in [0.4, 0.5) is 23.8 Å². The van der Waals surface area contributed by atoms with Crippen LogP contribution < -0.4 is 39.6 Å². The van der Waals surface area contributed by atoms with E-state index in [0.29, 0.717) is 24.4 Å². The van der Waals surface area contributed by atoms with Gasteiger partial charge >= 0.3 is 11.4 Å². The molecule has 1 aliphatic rings. The molecule has 4 aromatic rings. The van der Waals surface area contributed by atoms with Crippen LogP contribution in [-0.4, -0.2) is 60.4 Å². The van der Waals surface area contributed by atoms with Gasteiger partial charge in [0.25, 0.3) is 0 Å². The van der Waals surface area contributed by atoms with Crippen molar-refractivity contribution in [2.75, 3.05) is 34.5 Å². The number of anilines is 4. The fourth-order valence-electron chi connectivity index (χ4n) is 3.07. The van der Waals surface area contributed by atoms with Crippen molar-refractivity contribution in [3.8, 4) is 0 Å². The number of amidine groups is 1. The van der Waals surface area contributed by atoms with Gasteiger partial charge in [0.1, 0.15) is 5.84 Å². The molecule has 0 amide bonds. The summed E-state index contributed by atoms with van der Waals surface area (Å²) < 4.78 is 7.78. The quantitative estimate of drug-likeness (QED) is 0.143. The maximum atomic E-state index is 12.1. The Morgan fingerprint density at radius 1 is 0.909 bits per heavy atom. The van der Waals surface area contributed by atoms with Crippen LogP contribution in [0.1, 0.15) is 27.2 Å². The monoisotopic (exact) mass is 695 g/mol. The summed E-state index contributed by atoms with van der Waals surface area (Å²) in [5.74, 6) is 2.44. The molecule has 1 atom stereocenters. The number of nitrogens with two attached hydrogens (primary N) is 4. The summed E-state index contributed by atoms with van der Waals surface area (Å²) >= 11 is 3.15. The fourth-order valence-corrected chi connectivity index (χ4v) is 3.73. The molecule has 0 bridgehead atoms. The summed E-state index contributed by atoms with van der Waals surface area (Å²) in [4.78, 5) is 43.0.